The highest BCUT2D eigenvalue weighted by Crippen LogP contribution is 2.26. The van der Waals surface area contributed by atoms with Crippen LogP contribution in [0.2, 0.25) is 5.02 Å². The Morgan fingerprint density at radius 3 is 3.00 bits per heavy atom. The van der Waals surface area contributed by atoms with Crippen LogP contribution in [-0.4, -0.2) is 39.9 Å². The number of nitrogens with one attached hydrogen (secondary N) is 1. The highest BCUT2D eigenvalue weighted by atomic mass is 35.5. The molecule has 0 atom stereocenters. The van der Waals surface area contributed by atoms with E-state index in [0.717, 1.165) is 12.8 Å². The van der Waals surface area contributed by atoms with Crippen molar-refractivity contribution in [2.75, 3.05) is 12.8 Å². The first-order valence-electron chi connectivity index (χ1n) is 5.63. The summed E-state index contributed by atoms with van der Waals surface area (Å²) in [6.45, 7) is 0.546. The smallest absolute Gasteiger partial charge is 0.271 e. The average Bonchev–Trinajstić information content (AvgIpc) is 2.33. The largest absolute Gasteiger partial charge is 0.393 e. The Morgan fingerprint density at radius 1 is 1.67 bits per heavy atom. The van der Waals surface area contributed by atoms with Crippen molar-refractivity contribution in [3.63, 3.8) is 0 Å². The third kappa shape index (κ3) is 3.13. The molecule has 0 saturated heterocycles. The summed E-state index contributed by atoms with van der Waals surface area (Å²) in [4.78, 5) is 20.0. The first kappa shape index (κ1) is 13.6. The quantitative estimate of drug-likeness (QED) is 0.646. The third-order valence-corrected chi connectivity index (χ3v) is 3.72. The molecule has 1 aliphatic carbocycles. The second kappa shape index (κ2) is 5.86. The van der Waals surface area contributed by atoms with Gasteiger partial charge in [0.15, 0.2) is 10.9 Å². The predicted octanol–water partition coefficient (Wildman–Crippen LogP) is 1.35. The lowest BCUT2D eigenvalue weighted by Crippen LogP contribution is -2.38. The highest BCUT2D eigenvalue weighted by molar-refractivity contribution is 7.98. The van der Waals surface area contributed by atoms with Crippen molar-refractivity contribution in [2.45, 2.75) is 24.1 Å². The molecule has 1 saturated carbocycles. The van der Waals surface area contributed by atoms with Gasteiger partial charge in [0.1, 0.15) is 0 Å². The van der Waals surface area contributed by atoms with Crippen LogP contribution in [0, 0.1) is 5.92 Å². The van der Waals surface area contributed by atoms with Gasteiger partial charge in [-0.1, -0.05) is 23.4 Å². The summed E-state index contributed by atoms with van der Waals surface area (Å²) in [5, 5.41) is 12.7. The average molecular weight is 288 g/mol. The molecule has 0 unspecified atom stereocenters. The number of aromatic nitrogens is 2. The topological polar surface area (TPSA) is 75.1 Å². The molecule has 5 nitrogen and oxygen atoms in total. The summed E-state index contributed by atoms with van der Waals surface area (Å²) in [6.07, 6.45) is 4.54. The summed E-state index contributed by atoms with van der Waals surface area (Å²) < 4.78 is 0. The van der Waals surface area contributed by atoms with E-state index >= 15 is 0 Å². The summed E-state index contributed by atoms with van der Waals surface area (Å²) in [6, 6.07) is 0. The standard InChI is InChI=1S/C11H14ClN3O2S/c1-18-11-14-5-8(12)9(15-11)10(17)13-4-6-2-7(16)3-6/h5-7,16H,2-4H2,1H3,(H,13,17). The maximum Gasteiger partial charge on any atom is 0.271 e. The lowest BCUT2D eigenvalue weighted by Gasteiger charge is -2.31. The van der Waals surface area contributed by atoms with Gasteiger partial charge >= 0.3 is 0 Å². The Labute approximate surface area is 114 Å². The van der Waals surface area contributed by atoms with E-state index in [4.69, 9.17) is 16.7 Å². The van der Waals surface area contributed by atoms with Crippen molar-refractivity contribution < 1.29 is 9.90 Å². The van der Waals surface area contributed by atoms with Gasteiger partial charge in [0.05, 0.1) is 17.3 Å². The van der Waals surface area contributed by atoms with Crippen LogP contribution >= 0.6 is 23.4 Å². The number of carbonyl (C=O) groups is 1. The molecule has 1 aromatic heterocycles. The van der Waals surface area contributed by atoms with Crippen molar-refractivity contribution in [2.24, 2.45) is 5.92 Å². The summed E-state index contributed by atoms with van der Waals surface area (Å²) in [5.74, 6) is 0.0590. The van der Waals surface area contributed by atoms with Crippen molar-refractivity contribution in [3.05, 3.63) is 16.9 Å². The van der Waals surface area contributed by atoms with Gasteiger partial charge in [-0.3, -0.25) is 4.79 Å². The minimum atomic E-state index is -0.293. The number of rotatable bonds is 4. The van der Waals surface area contributed by atoms with Gasteiger partial charge in [-0.15, -0.1) is 0 Å². The van der Waals surface area contributed by atoms with Gasteiger partial charge in [0.25, 0.3) is 5.91 Å². The second-order valence-corrected chi connectivity index (χ2v) is 5.44. The van der Waals surface area contributed by atoms with E-state index in [2.05, 4.69) is 15.3 Å². The number of carbonyl (C=O) groups excluding carboxylic acids is 1. The van der Waals surface area contributed by atoms with E-state index in [1.165, 1.54) is 18.0 Å². The number of halogens is 1. The maximum atomic E-state index is 11.9. The van der Waals surface area contributed by atoms with E-state index in [1.807, 2.05) is 6.26 Å². The maximum absolute atomic E-state index is 11.9. The minimum absolute atomic E-state index is 0.205. The normalized spacial score (nSPS) is 22.4. The molecule has 0 bridgehead atoms. The Balaban J connectivity index is 1.95. The zero-order chi connectivity index (χ0) is 13.1. The fourth-order valence-electron chi connectivity index (χ4n) is 1.80. The molecule has 1 aliphatic rings. The fourth-order valence-corrected chi connectivity index (χ4v) is 2.31. The van der Waals surface area contributed by atoms with Gasteiger partial charge in [-0.25, -0.2) is 9.97 Å². The van der Waals surface area contributed by atoms with Gasteiger partial charge in [0, 0.05) is 6.54 Å². The molecule has 0 aromatic carbocycles. The van der Waals surface area contributed by atoms with Gasteiger partial charge in [0.2, 0.25) is 0 Å². The van der Waals surface area contributed by atoms with Gasteiger partial charge in [-0.2, -0.15) is 0 Å². The van der Waals surface area contributed by atoms with Crippen LogP contribution < -0.4 is 5.32 Å². The SMILES string of the molecule is CSc1ncc(Cl)c(C(=O)NCC2CC(O)C2)n1. The van der Waals surface area contributed by atoms with Gasteiger partial charge < -0.3 is 10.4 Å². The Hall–Kier alpha value is -0.850. The predicted molar refractivity (Wildman–Crippen MR) is 69.9 cm³/mol. The van der Waals surface area contributed by atoms with Crippen LogP contribution in [0.3, 0.4) is 0 Å². The number of nitrogens with zero attached hydrogens (tertiary/aromatic N) is 2. The van der Waals surface area contributed by atoms with E-state index in [9.17, 15) is 4.79 Å². The number of hydrogen-bond acceptors (Lipinski definition) is 5. The van der Waals surface area contributed by atoms with Crippen LogP contribution in [0.25, 0.3) is 0 Å². The van der Waals surface area contributed by atoms with E-state index < -0.39 is 0 Å². The van der Waals surface area contributed by atoms with Gasteiger partial charge in [-0.05, 0) is 25.0 Å². The fraction of sp³-hybridized carbons (Fsp3) is 0.545. The molecule has 7 heteroatoms. The molecule has 2 rings (SSSR count). The van der Waals surface area contributed by atoms with E-state index in [1.54, 1.807) is 0 Å². The van der Waals surface area contributed by atoms with Crippen molar-refractivity contribution in [1.82, 2.24) is 15.3 Å². The minimum Gasteiger partial charge on any atom is -0.393 e. The first-order valence-corrected chi connectivity index (χ1v) is 7.23. The number of aliphatic hydroxyl groups excluding tert-OH is 1. The lowest BCUT2D eigenvalue weighted by atomic mass is 9.82. The van der Waals surface area contributed by atoms with Crippen molar-refractivity contribution in [1.29, 1.82) is 0 Å². The summed E-state index contributed by atoms with van der Waals surface area (Å²) in [5.41, 5.74) is 0.205. The molecule has 1 fully saturated rings. The monoisotopic (exact) mass is 287 g/mol. The number of hydrogen-bond donors (Lipinski definition) is 2. The molecule has 1 heterocycles. The Morgan fingerprint density at radius 2 is 2.39 bits per heavy atom. The highest BCUT2D eigenvalue weighted by Gasteiger charge is 2.27. The number of amides is 1. The molecule has 18 heavy (non-hydrogen) atoms. The molecule has 0 spiro atoms. The van der Waals surface area contributed by atoms with Crippen molar-refractivity contribution in [3.8, 4) is 0 Å². The van der Waals surface area contributed by atoms with Crippen LogP contribution in [0.5, 0.6) is 0 Å². The summed E-state index contributed by atoms with van der Waals surface area (Å²) >= 11 is 7.25. The Bertz CT molecular complexity index is 452. The molecular formula is C11H14ClN3O2S. The number of aliphatic hydroxyl groups is 1. The molecule has 1 amide bonds. The zero-order valence-electron chi connectivity index (χ0n) is 9.89. The van der Waals surface area contributed by atoms with Crippen LogP contribution in [0.4, 0.5) is 0 Å². The summed E-state index contributed by atoms with van der Waals surface area (Å²) in [7, 11) is 0. The van der Waals surface area contributed by atoms with Crippen LogP contribution in [0.15, 0.2) is 11.4 Å². The molecule has 1 aromatic rings. The molecule has 98 valence electrons. The van der Waals surface area contributed by atoms with E-state index in [-0.39, 0.29) is 22.7 Å². The lowest BCUT2D eigenvalue weighted by molar-refractivity contribution is 0.0419. The molecular weight excluding hydrogens is 274 g/mol. The molecule has 0 radical (unpaired) electrons. The van der Waals surface area contributed by atoms with Crippen LogP contribution in [-0.2, 0) is 0 Å². The zero-order valence-corrected chi connectivity index (χ0v) is 11.5. The first-order chi connectivity index (χ1) is 8.60. The van der Waals surface area contributed by atoms with Crippen LogP contribution in [0.1, 0.15) is 23.3 Å². The molecule has 2 N–H and O–H groups in total. The van der Waals surface area contributed by atoms with Crippen molar-refractivity contribution >= 4 is 29.3 Å². The second-order valence-electron chi connectivity index (χ2n) is 4.25. The Kier molecular flexibility index (Phi) is 4.42. The third-order valence-electron chi connectivity index (χ3n) is 2.88. The molecule has 0 aliphatic heterocycles. The van der Waals surface area contributed by atoms with E-state index in [0.29, 0.717) is 17.6 Å². The number of thioether (sulfide) groups is 1.